The van der Waals surface area contributed by atoms with Gasteiger partial charge in [-0.3, -0.25) is 9.48 Å². The van der Waals surface area contributed by atoms with Gasteiger partial charge >= 0.3 is 0 Å². The molecule has 1 aromatic rings. The number of hydrogen-bond donors (Lipinski definition) is 1. The van der Waals surface area contributed by atoms with Crippen molar-refractivity contribution in [3.8, 4) is 0 Å². The molecular formula is C6H8BrN3O. The van der Waals surface area contributed by atoms with Crippen LogP contribution in [-0.2, 0) is 11.8 Å². The average Bonchev–Trinajstić information content (AvgIpc) is 2.09. The second-order valence-corrected chi connectivity index (χ2v) is 3.03. The first-order valence-electron chi connectivity index (χ1n) is 3.06. The Labute approximate surface area is 72.7 Å². The largest absolute Gasteiger partial charge is 0.309 e. The second-order valence-electron chi connectivity index (χ2n) is 2.18. The average molecular weight is 218 g/mol. The van der Waals surface area contributed by atoms with Crippen LogP contribution < -0.4 is 5.32 Å². The monoisotopic (exact) mass is 217 g/mol. The summed E-state index contributed by atoms with van der Waals surface area (Å²) in [6.45, 7) is 1.45. The molecule has 0 unspecified atom stereocenters. The molecule has 0 saturated heterocycles. The van der Waals surface area contributed by atoms with E-state index in [1.165, 1.54) is 6.92 Å². The van der Waals surface area contributed by atoms with Crippen LogP contribution in [0.1, 0.15) is 6.92 Å². The first-order valence-corrected chi connectivity index (χ1v) is 3.85. The van der Waals surface area contributed by atoms with Crippen molar-refractivity contribution in [3.05, 3.63) is 10.7 Å². The molecule has 11 heavy (non-hydrogen) atoms. The number of nitrogens with zero attached hydrogens (tertiary/aromatic N) is 2. The van der Waals surface area contributed by atoms with E-state index in [4.69, 9.17) is 0 Å². The highest BCUT2D eigenvalue weighted by atomic mass is 79.9. The normalized spacial score (nSPS) is 9.73. The van der Waals surface area contributed by atoms with Gasteiger partial charge in [0.1, 0.15) is 0 Å². The van der Waals surface area contributed by atoms with Crippen LogP contribution in [0.4, 0.5) is 5.82 Å². The van der Waals surface area contributed by atoms with Gasteiger partial charge in [-0.25, -0.2) is 0 Å². The Bertz CT molecular complexity index is 281. The number of rotatable bonds is 1. The van der Waals surface area contributed by atoms with Crippen molar-refractivity contribution < 1.29 is 4.79 Å². The van der Waals surface area contributed by atoms with E-state index in [9.17, 15) is 4.79 Å². The standard InChI is InChI=1S/C6H8BrN3O/c1-4(11)8-6-5(7)3-10(2)9-6/h3H,1-2H3,(H,8,9,11). The minimum absolute atomic E-state index is 0.121. The van der Waals surface area contributed by atoms with Gasteiger partial charge in [-0.1, -0.05) is 0 Å². The third kappa shape index (κ3) is 2.04. The zero-order chi connectivity index (χ0) is 8.43. The number of hydrogen-bond acceptors (Lipinski definition) is 2. The lowest BCUT2D eigenvalue weighted by Crippen LogP contribution is -2.06. The fraction of sp³-hybridized carbons (Fsp3) is 0.333. The van der Waals surface area contributed by atoms with Gasteiger partial charge in [0.2, 0.25) is 5.91 Å². The van der Waals surface area contributed by atoms with Crippen LogP contribution >= 0.6 is 15.9 Å². The molecule has 0 fully saturated rings. The summed E-state index contributed by atoms with van der Waals surface area (Å²) >= 11 is 3.25. The number of aryl methyl sites for hydroxylation is 1. The van der Waals surface area contributed by atoms with Crippen molar-refractivity contribution in [2.45, 2.75) is 6.92 Å². The molecular weight excluding hydrogens is 210 g/mol. The summed E-state index contributed by atoms with van der Waals surface area (Å²) in [7, 11) is 1.79. The molecule has 0 atom stereocenters. The van der Waals surface area contributed by atoms with E-state index in [2.05, 4.69) is 26.3 Å². The maximum absolute atomic E-state index is 10.6. The van der Waals surface area contributed by atoms with Crippen molar-refractivity contribution in [2.75, 3.05) is 5.32 Å². The SMILES string of the molecule is CC(=O)Nc1nn(C)cc1Br. The molecule has 0 radical (unpaired) electrons. The lowest BCUT2D eigenvalue weighted by Gasteiger charge is -1.94. The number of aromatic nitrogens is 2. The summed E-state index contributed by atoms with van der Waals surface area (Å²) in [6.07, 6.45) is 1.77. The Hall–Kier alpha value is -0.840. The van der Waals surface area contributed by atoms with Crippen LogP contribution in [0, 0.1) is 0 Å². The van der Waals surface area contributed by atoms with Gasteiger partial charge in [-0.15, -0.1) is 0 Å². The number of anilines is 1. The number of carbonyl (C=O) groups excluding carboxylic acids is 1. The smallest absolute Gasteiger partial charge is 0.222 e. The Morgan fingerprint density at radius 1 is 1.82 bits per heavy atom. The van der Waals surface area contributed by atoms with Gasteiger partial charge in [0.15, 0.2) is 5.82 Å². The topological polar surface area (TPSA) is 46.9 Å². The number of nitrogens with one attached hydrogen (secondary N) is 1. The summed E-state index contributed by atoms with van der Waals surface area (Å²) in [4.78, 5) is 10.6. The molecule has 0 bridgehead atoms. The van der Waals surface area contributed by atoms with E-state index in [0.29, 0.717) is 5.82 Å². The van der Waals surface area contributed by atoms with Crippen LogP contribution in [-0.4, -0.2) is 15.7 Å². The third-order valence-electron chi connectivity index (χ3n) is 1.08. The highest BCUT2D eigenvalue weighted by Gasteiger charge is 2.04. The fourth-order valence-electron chi connectivity index (χ4n) is 0.711. The van der Waals surface area contributed by atoms with Crippen molar-refractivity contribution in [2.24, 2.45) is 7.05 Å². The Kier molecular flexibility index (Phi) is 2.28. The second kappa shape index (κ2) is 3.04. The molecule has 1 N–H and O–H groups in total. The van der Waals surface area contributed by atoms with Gasteiger partial charge in [0.05, 0.1) is 4.47 Å². The summed E-state index contributed by atoms with van der Waals surface area (Å²) in [5, 5.41) is 6.56. The summed E-state index contributed by atoms with van der Waals surface area (Å²) in [5.41, 5.74) is 0. The maximum atomic E-state index is 10.6. The van der Waals surface area contributed by atoms with E-state index in [0.717, 1.165) is 4.47 Å². The summed E-state index contributed by atoms with van der Waals surface area (Å²) in [5.74, 6) is 0.435. The van der Waals surface area contributed by atoms with Gasteiger partial charge in [0.25, 0.3) is 0 Å². The van der Waals surface area contributed by atoms with E-state index in [1.54, 1.807) is 17.9 Å². The lowest BCUT2D eigenvalue weighted by atomic mass is 10.6. The van der Waals surface area contributed by atoms with Crippen LogP contribution in [0.2, 0.25) is 0 Å². The zero-order valence-corrected chi connectivity index (χ0v) is 7.84. The molecule has 1 heterocycles. The Balaban J connectivity index is 2.85. The molecule has 4 nitrogen and oxygen atoms in total. The quantitative estimate of drug-likeness (QED) is 0.768. The lowest BCUT2D eigenvalue weighted by molar-refractivity contribution is -0.114. The summed E-state index contributed by atoms with van der Waals surface area (Å²) < 4.78 is 2.41. The van der Waals surface area contributed by atoms with E-state index in [1.807, 2.05) is 0 Å². The molecule has 0 saturated carbocycles. The van der Waals surface area contributed by atoms with Crippen molar-refractivity contribution in [3.63, 3.8) is 0 Å². The predicted molar refractivity (Wildman–Crippen MR) is 45.2 cm³/mol. The van der Waals surface area contributed by atoms with Crippen LogP contribution in [0.5, 0.6) is 0 Å². The Morgan fingerprint density at radius 3 is 2.82 bits per heavy atom. The van der Waals surface area contributed by atoms with Gasteiger partial charge in [0, 0.05) is 20.2 Å². The van der Waals surface area contributed by atoms with Crippen molar-refractivity contribution in [1.29, 1.82) is 0 Å². The van der Waals surface area contributed by atoms with Crippen molar-refractivity contribution >= 4 is 27.7 Å². The van der Waals surface area contributed by atoms with Crippen LogP contribution in [0.15, 0.2) is 10.7 Å². The summed E-state index contributed by atoms with van der Waals surface area (Å²) in [6, 6.07) is 0. The molecule has 1 rings (SSSR count). The Morgan fingerprint density at radius 2 is 2.45 bits per heavy atom. The van der Waals surface area contributed by atoms with E-state index in [-0.39, 0.29) is 5.91 Å². The zero-order valence-electron chi connectivity index (χ0n) is 6.26. The minimum Gasteiger partial charge on any atom is -0.309 e. The first-order chi connectivity index (χ1) is 5.09. The highest BCUT2D eigenvalue weighted by Crippen LogP contribution is 2.18. The minimum atomic E-state index is -0.121. The van der Waals surface area contributed by atoms with Crippen molar-refractivity contribution in [1.82, 2.24) is 9.78 Å². The molecule has 0 aliphatic carbocycles. The molecule has 0 aliphatic rings. The highest BCUT2D eigenvalue weighted by molar-refractivity contribution is 9.10. The first kappa shape index (κ1) is 8.26. The molecule has 1 amide bonds. The van der Waals surface area contributed by atoms with Gasteiger partial charge in [-0.05, 0) is 15.9 Å². The molecule has 1 aromatic heterocycles. The maximum Gasteiger partial charge on any atom is 0.222 e. The number of carbonyl (C=O) groups is 1. The van der Waals surface area contributed by atoms with E-state index >= 15 is 0 Å². The van der Waals surface area contributed by atoms with Gasteiger partial charge < -0.3 is 5.32 Å². The number of amides is 1. The van der Waals surface area contributed by atoms with Gasteiger partial charge in [-0.2, -0.15) is 5.10 Å². The van der Waals surface area contributed by atoms with E-state index < -0.39 is 0 Å². The number of halogens is 1. The fourth-order valence-corrected chi connectivity index (χ4v) is 1.19. The molecule has 5 heteroatoms. The molecule has 0 aliphatic heterocycles. The van der Waals surface area contributed by atoms with Crippen LogP contribution in [0.3, 0.4) is 0 Å². The molecule has 0 spiro atoms. The third-order valence-corrected chi connectivity index (χ3v) is 1.66. The molecule has 0 aromatic carbocycles. The van der Waals surface area contributed by atoms with Crippen LogP contribution in [0.25, 0.3) is 0 Å². The predicted octanol–water partition coefficient (Wildman–Crippen LogP) is 1.14. The molecule has 60 valence electrons.